The molecule has 1 aromatic heterocycles. The molecule has 0 amide bonds. The van der Waals surface area contributed by atoms with Gasteiger partial charge in [0.2, 0.25) is 0 Å². The molecule has 0 bridgehead atoms. The Morgan fingerprint density at radius 3 is 1.09 bits per heavy atom. The first kappa shape index (κ1) is 29.6. The van der Waals surface area contributed by atoms with Gasteiger partial charge < -0.3 is 9.80 Å². The van der Waals surface area contributed by atoms with Crippen molar-refractivity contribution in [3.63, 3.8) is 0 Å². The summed E-state index contributed by atoms with van der Waals surface area (Å²) in [6, 6.07) is 63.4. The lowest BCUT2D eigenvalue weighted by molar-refractivity contribution is 1.28. The first-order valence-corrected chi connectivity index (χ1v) is 16.3. The highest BCUT2D eigenvalue weighted by Gasteiger charge is 2.15. The Balaban J connectivity index is 1.28. The zero-order valence-electron chi connectivity index (χ0n) is 25.7. The third kappa shape index (κ3) is 6.65. The summed E-state index contributed by atoms with van der Waals surface area (Å²) in [5.74, 6) is 2.53. The van der Waals surface area contributed by atoms with Gasteiger partial charge in [-0.05, 0) is 120 Å². The molecule has 0 saturated heterocycles. The molecule has 47 heavy (non-hydrogen) atoms. The summed E-state index contributed by atoms with van der Waals surface area (Å²) in [5.41, 5.74) is 9.91. The second kappa shape index (κ2) is 13.9. The summed E-state index contributed by atoms with van der Waals surface area (Å²) in [6.45, 7) is 0. The van der Waals surface area contributed by atoms with Gasteiger partial charge in [-0.2, -0.15) is 0 Å². The van der Waals surface area contributed by atoms with Crippen LogP contribution in [-0.4, -0.2) is 0 Å². The fourth-order valence-electron chi connectivity index (χ4n) is 5.76. The molecular formula is C44H31N2S. The van der Waals surface area contributed by atoms with Gasteiger partial charge in [-0.15, -0.1) is 11.3 Å². The molecule has 7 aromatic rings. The van der Waals surface area contributed by atoms with Crippen molar-refractivity contribution in [2.45, 2.75) is 0 Å². The first-order valence-electron chi connectivity index (χ1n) is 15.5. The molecule has 3 heteroatoms. The highest BCUT2D eigenvalue weighted by Crippen LogP contribution is 2.38. The SMILES string of the molecule is [C]#Cc1ccc(C=C(c2ccc(N(c3ccccc3)c3ccccc3)cc2)c2ccc(N(c3ccccc3)c3ccccc3)cc2)s1. The van der Waals surface area contributed by atoms with Crippen LogP contribution in [0.15, 0.2) is 182 Å². The smallest absolute Gasteiger partial charge is 0.0785 e. The zero-order chi connectivity index (χ0) is 31.8. The van der Waals surface area contributed by atoms with E-state index in [4.69, 9.17) is 6.42 Å². The number of rotatable bonds is 9. The van der Waals surface area contributed by atoms with Crippen molar-refractivity contribution in [2.75, 3.05) is 9.80 Å². The molecule has 0 fully saturated rings. The minimum atomic E-state index is 0.809. The predicted molar refractivity (Wildman–Crippen MR) is 200 cm³/mol. The van der Waals surface area contributed by atoms with Crippen molar-refractivity contribution < 1.29 is 0 Å². The number of thiophene rings is 1. The third-order valence-corrected chi connectivity index (χ3v) is 8.91. The summed E-state index contributed by atoms with van der Waals surface area (Å²) in [4.78, 5) is 6.43. The average Bonchev–Trinajstić information content (AvgIpc) is 3.61. The topological polar surface area (TPSA) is 6.48 Å². The van der Waals surface area contributed by atoms with Gasteiger partial charge in [0.15, 0.2) is 0 Å². The molecule has 0 aliphatic rings. The van der Waals surface area contributed by atoms with Crippen LogP contribution in [0.2, 0.25) is 0 Å². The molecule has 0 aliphatic heterocycles. The van der Waals surface area contributed by atoms with Gasteiger partial charge in [0.1, 0.15) is 0 Å². The van der Waals surface area contributed by atoms with Crippen molar-refractivity contribution in [2.24, 2.45) is 0 Å². The number of hydrogen-bond acceptors (Lipinski definition) is 3. The zero-order valence-corrected chi connectivity index (χ0v) is 26.5. The Bertz CT molecular complexity index is 1900. The lowest BCUT2D eigenvalue weighted by atomic mass is 9.96. The van der Waals surface area contributed by atoms with Crippen LogP contribution in [0.25, 0.3) is 11.6 Å². The number of anilines is 6. The maximum Gasteiger partial charge on any atom is 0.0785 e. The second-order valence-corrected chi connectivity index (χ2v) is 12.1. The molecule has 1 heterocycles. The fourth-order valence-corrected chi connectivity index (χ4v) is 6.51. The van der Waals surface area contributed by atoms with Crippen LogP contribution < -0.4 is 9.80 Å². The Labute approximate surface area is 281 Å². The Hall–Kier alpha value is -6.08. The normalized spacial score (nSPS) is 10.5. The molecule has 0 N–H and O–H groups in total. The van der Waals surface area contributed by atoms with Gasteiger partial charge in [0, 0.05) is 39.0 Å². The summed E-state index contributed by atoms with van der Waals surface area (Å²) in [5, 5.41) is 0. The molecule has 1 radical (unpaired) electrons. The Kier molecular flexibility index (Phi) is 8.77. The predicted octanol–water partition coefficient (Wildman–Crippen LogP) is 12.2. The van der Waals surface area contributed by atoms with Gasteiger partial charge in [-0.3, -0.25) is 0 Å². The third-order valence-electron chi connectivity index (χ3n) is 7.97. The Morgan fingerprint density at radius 2 is 0.766 bits per heavy atom. The maximum absolute atomic E-state index is 7.61. The minimum absolute atomic E-state index is 0.809. The first-order chi connectivity index (χ1) is 23.3. The quantitative estimate of drug-likeness (QED) is 0.148. The largest absolute Gasteiger partial charge is 0.311 e. The van der Waals surface area contributed by atoms with Crippen LogP contribution in [0, 0.1) is 12.3 Å². The molecule has 6 aromatic carbocycles. The van der Waals surface area contributed by atoms with E-state index in [0.29, 0.717) is 0 Å². The number of benzene rings is 6. The van der Waals surface area contributed by atoms with Gasteiger partial charge in [0.25, 0.3) is 0 Å². The van der Waals surface area contributed by atoms with Gasteiger partial charge in [-0.1, -0.05) is 97.1 Å². The fraction of sp³-hybridized carbons (Fsp3) is 0. The maximum atomic E-state index is 7.61. The molecule has 223 valence electrons. The van der Waals surface area contributed by atoms with Crippen LogP contribution in [0.1, 0.15) is 20.9 Å². The van der Waals surface area contributed by atoms with E-state index in [2.05, 4.69) is 173 Å². The molecule has 0 aliphatic carbocycles. The molecule has 0 spiro atoms. The van der Waals surface area contributed by atoms with Gasteiger partial charge in [-0.25, -0.2) is 0 Å². The minimum Gasteiger partial charge on any atom is -0.311 e. The highest BCUT2D eigenvalue weighted by atomic mass is 32.1. The van der Waals surface area contributed by atoms with Crippen LogP contribution in [-0.2, 0) is 0 Å². The van der Waals surface area contributed by atoms with E-state index in [1.54, 1.807) is 11.3 Å². The molecule has 2 nitrogen and oxygen atoms in total. The van der Waals surface area contributed by atoms with Crippen LogP contribution in [0.3, 0.4) is 0 Å². The molecular weight excluding hydrogens is 589 g/mol. The number of para-hydroxylation sites is 4. The van der Waals surface area contributed by atoms with Gasteiger partial charge in [0.05, 0.1) is 4.88 Å². The van der Waals surface area contributed by atoms with E-state index in [0.717, 1.165) is 60.6 Å². The summed E-state index contributed by atoms with van der Waals surface area (Å²) >= 11 is 1.56. The number of hydrogen-bond donors (Lipinski definition) is 0. The van der Waals surface area contributed by atoms with Crippen LogP contribution >= 0.6 is 11.3 Å². The van der Waals surface area contributed by atoms with Gasteiger partial charge >= 0.3 is 0 Å². The van der Waals surface area contributed by atoms with E-state index in [-0.39, 0.29) is 0 Å². The van der Waals surface area contributed by atoms with E-state index in [1.807, 2.05) is 30.3 Å². The highest BCUT2D eigenvalue weighted by molar-refractivity contribution is 7.13. The lowest BCUT2D eigenvalue weighted by Crippen LogP contribution is -2.10. The summed E-state index contributed by atoms with van der Waals surface area (Å²) < 4.78 is 0. The molecule has 0 atom stereocenters. The van der Waals surface area contributed by atoms with Crippen molar-refractivity contribution in [1.82, 2.24) is 0 Å². The van der Waals surface area contributed by atoms with Crippen molar-refractivity contribution in [3.05, 3.63) is 209 Å². The molecule has 7 rings (SSSR count). The lowest BCUT2D eigenvalue weighted by Gasteiger charge is -2.26. The molecule has 0 unspecified atom stereocenters. The molecule has 0 saturated carbocycles. The monoisotopic (exact) mass is 619 g/mol. The van der Waals surface area contributed by atoms with Crippen LogP contribution in [0.4, 0.5) is 34.1 Å². The standard InChI is InChI=1S/C44H31N2S/c1-2-42-31-32-43(47-42)33-44(34-23-27-40(28-24-34)45(36-15-7-3-8-16-36)37-17-9-4-10-18-37)35-25-29-41(30-26-35)46(38-19-11-5-12-20-38)39-21-13-6-14-22-39/h3-33H. The van der Waals surface area contributed by atoms with E-state index in [9.17, 15) is 0 Å². The van der Waals surface area contributed by atoms with E-state index in [1.165, 1.54) is 0 Å². The van der Waals surface area contributed by atoms with Crippen molar-refractivity contribution in [1.29, 1.82) is 0 Å². The summed E-state index contributed by atoms with van der Waals surface area (Å²) in [6.07, 6.45) is 9.83. The summed E-state index contributed by atoms with van der Waals surface area (Å²) in [7, 11) is 0. The number of nitrogens with zero attached hydrogens (tertiary/aromatic N) is 2. The van der Waals surface area contributed by atoms with Crippen molar-refractivity contribution in [3.8, 4) is 5.92 Å². The van der Waals surface area contributed by atoms with Crippen molar-refractivity contribution >= 4 is 57.1 Å². The Morgan fingerprint density at radius 1 is 0.426 bits per heavy atom. The second-order valence-electron chi connectivity index (χ2n) is 11.0. The average molecular weight is 620 g/mol. The van der Waals surface area contributed by atoms with E-state index >= 15 is 0 Å². The van der Waals surface area contributed by atoms with E-state index < -0.39 is 0 Å². The van der Waals surface area contributed by atoms with Crippen LogP contribution in [0.5, 0.6) is 0 Å².